The summed E-state index contributed by atoms with van der Waals surface area (Å²) in [5, 5.41) is 12.7. The molecule has 2 aromatic heterocycles. The lowest BCUT2D eigenvalue weighted by Gasteiger charge is -2.10. The number of carbonyl (C=O) groups is 1. The van der Waals surface area contributed by atoms with Gasteiger partial charge < -0.3 is 9.63 Å². The highest BCUT2D eigenvalue weighted by molar-refractivity contribution is 5.70. The van der Waals surface area contributed by atoms with Crippen LogP contribution in [0.5, 0.6) is 0 Å². The molecule has 0 aliphatic carbocycles. The molecule has 0 saturated heterocycles. The molecule has 0 saturated carbocycles. The van der Waals surface area contributed by atoms with Crippen LogP contribution < -0.4 is 0 Å². The van der Waals surface area contributed by atoms with Crippen molar-refractivity contribution >= 4 is 5.97 Å². The van der Waals surface area contributed by atoms with Gasteiger partial charge in [-0.3, -0.25) is 4.79 Å². The van der Waals surface area contributed by atoms with Crippen LogP contribution in [-0.4, -0.2) is 31.2 Å². The first kappa shape index (κ1) is 13.1. The Morgan fingerprint density at radius 1 is 1.26 bits per heavy atom. The maximum atomic E-state index is 10.9. The van der Waals surface area contributed by atoms with Crippen LogP contribution in [0.2, 0.25) is 0 Å². The summed E-state index contributed by atoms with van der Waals surface area (Å²) in [7, 11) is 0. The van der Waals surface area contributed by atoms with Gasteiger partial charge in [-0.2, -0.15) is 4.98 Å². The van der Waals surface area contributed by atoms with Crippen molar-refractivity contribution in [2.45, 2.75) is 26.7 Å². The van der Waals surface area contributed by atoms with Gasteiger partial charge in [-0.05, 0) is 12.5 Å². The van der Waals surface area contributed by atoms with Crippen molar-refractivity contribution in [2.75, 3.05) is 0 Å². The Morgan fingerprint density at radius 2 is 1.89 bits per heavy atom. The van der Waals surface area contributed by atoms with E-state index >= 15 is 0 Å². The van der Waals surface area contributed by atoms with Gasteiger partial charge in [0.2, 0.25) is 17.5 Å². The average Bonchev–Trinajstić information content (AvgIpc) is 2.87. The molecule has 0 bridgehead atoms. The zero-order valence-electron chi connectivity index (χ0n) is 10.9. The van der Waals surface area contributed by atoms with Gasteiger partial charge in [0.1, 0.15) is 0 Å². The quantitative estimate of drug-likeness (QED) is 0.893. The zero-order valence-corrected chi connectivity index (χ0v) is 10.9. The number of aliphatic carboxylic acids is 1. The number of hydrogen-bond donors (Lipinski definition) is 1. The summed E-state index contributed by atoms with van der Waals surface area (Å²) < 4.78 is 5.08. The molecular weight excluding hydrogens is 248 g/mol. The van der Waals surface area contributed by atoms with Gasteiger partial charge in [0.15, 0.2) is 0 Å². The second-order valence-electron chi connectivity index (χ2n) is 4.46. The third-order valence-electron chi connectivity index (χ3n) is 2.95. The molecular formula is C12H14N4O3. The fraction of sp³-hybridized carbons (Fsp3) is 0.417. The number of nitrogens with zero attached hydrogens (tertiary/aromatic N) is 4. The molecule has 0 aliphatic rings. The Kier molecular flexibility index (Phi) is 3.55. The summed E-state index contributed by atoms with van der Waals surface area (Å²) in [5.74, 6) is -0.987. The van der Waals surface area contributed by atoms with Crippen LogP contribution in [0.25, 0.3) is 11.6 Å². The summed E-state index contributed by atoms with van der Waals surface area (Å²) in [6.07, 6.45) is 3.31. The number of aryl methyl sites for hydroxylation is 1. The Balaban J connectivity index is 2.24. The highest BCUT2D eigenvalue weighted by atomic mass is 16.5. The highest BCUT2D eigenvalue weighted by Gasteiger charge is 2.26. The minimum Gasteiger partial charge on any atom is -0.481 e. The van der Waals surface area contributed by atoms with E-state index in [1.165, 1.54) is 0 Å². The summed E-state index contributed by atoms with van der Waals surface area (Å²) in [4.78, 5) is 23.2. The molecule has 2 rings (SSSR count). The predicted octanol–water partition coefficient (Wildman–Crippen LogP) is 1.66. The Hall–Kier alpha value is -2.31. The van der Waals surface area contributed by atoms with E-state index in [1.54, 1.807) is 26.2 Å². The SMILES string of the molecule is Cc1cnc(-c2noc(C(C)C(C)C(=O)O)n2)nc1. The van der Waals surface area contributed by atoms with Gasteiger partial charge in [-0.1, -0.05) is 19.0 Å². The van der Waals surface area contributed by atoms with E-state index in [2.05, 4.69) is 20.1 Å². The van der Waals surface area contributed by atoms with E-state index in [0.29, 0.717) is 5.82 Å². The lowest BCUT2D eigenvalue weighted by molar-refractivity contribution is -0.141. The third-order valence-corrected chi connectivity index (χ3v) is 2.95. The normalized spacial score (nSPS) is 14.1. The molecule has 2 heterocycles. The van der Waals surface area contributed by atoms with Gasteiger partial charge >= 0.3 is 5.97 Å². The van der Waals surface area contributed by atoms with E-state index in [9.17, 15) is 4.79 Å². The number of hydrogen-bond acceptors (Lipinski definition) is 6. The molecule has 0 radical (unpaired) electrons. The third kappa shape index (κ3) is 2.75. The minimum absolute atomic E-state index is 0.263. The summed E-state index contributed by atoms with van der Waals surface area (Å²) in [5.41, 5.74) is 0.931. The van der Waals surface area contributed by atoms with E-state index in [-0.39, 0.29) is 17.6 Å². The van der Waals surface area contributed by atoms with Crippen LogP contribution in [0.4, 0.5) is 0 Å². The van der Waals surface area contributed by atoms with E-state index < -0.39 is 11.9 Å². The van der Waals surface area contributed by atoms with E-state index in [4.69, 9.17) is 9.63 Å². The van der Waals surface area contributed by atoms with Crippen LogP contribution in [-0.2, 0) is 4.79 Å². The lowest BCUT2D eigenvalue weighted by Crippen LogP contribution is -2.16. The van der Waals surface area contributed by atoms with Crippen LogP contribution in [0.3, 0.4) is 0 Å². The smallest absolute Gasteiger partial charge is 0.307 e. The van der Waals surface area contributed by atoms with Crippen molar-refractivity contribution in [1.29, 1.82) is 0 Å². The fourth-order valence-electron chi connectivity index (χ4n) is 1.45. The summed E-state index contributed by atoms with van der Waals surface area (Å²) in [6, 6.07) is 0. The second kappa shape index (κ2) is 5.13. The number of aromatic nitrogens is 4. The Bertz CT molecular complexity index is 579. The molecule has 7 nitrogen and oxygen atoms in total. The number of carboxylic acids is 1. The van der Waals surface area contributed by atoms with Crippen molar-refractivity contribution < 1.29 is 14.4 Å². The Morgan fingerprint density at radius 3 is 2.47 bits per heavy atom. The van der Waals surface area contributed by atoms with Crippen molar-refractivity contribution in [1.82, 2.24) is 20.1 Å². The standard InChI is InChI=1S/C12H14N4O3/c1-6-4-13-9(14-5-6)10-15-11(19-16-10)7(2)8(3)12(17)18/h4-5,7-8H,1-3H3,(H,17,18). The first-order valence-electron chi connectivity index (χ1n) is 5.84. The average molecular weight is 262 g/mol. The van der Waals surface area contributed by atoms with E-state index in [0.717, 1.165) is 5.56 Å². The van der Waals surface area contributed by atoms with Crippen LogP contribution in [0, 0.1) is 12.8 Å². The van der Waals surface area contributed by atoms with Crippen molar-refractivity contribution in [3.8, 4) is 11.6 Å². The Labute approximate surface area is 109 Å². The maximum Gasteiger partial charge on any atom is 0.307 e. The molecule has 2 unspecified atom stereocenters. The van der Waals surface area contributed by atoms with Crippen molar-refractivity contribution in [3.63, 3.8) is 0 Å². The first-order valence-corrected chi connectivity index (χ1v) is 5.84. The largest absolute Gasteiger partial charge is 0.481 e. The van der Waals surface area contributed by atoms with Gasteiger partial charge in [-0.15, -0.1) is 0 Å². The van der Waals surface area contributed by atoms with Crippen LogP contribution in [0.1, 0.15) is 31.2 Å². The molecule has 1 N–H and O–H groups in total. The minimum atomic E-state index is -0.904. The van der Waals surface area contributed by atoms with Gasteiger partial charge in [0.25, 0.3) is 0 Å². The molecule has 0 aliphatic heterocycles. The van der Waals surface area contributed by atoms with Crippen LogP contribution >= 0.6 is 0 Å². The topological polar surface area (TPSA) is 102 Å². The van der Waals surface area contributed by atoms with Crippen molar-refractivity contribution in [2.24, 2.45) is 5.92 Å². The molecule has 7 heteroatoms. The van der Waals surface area contributed by atoms with Crippen LogP contribution in [0.15, 0.2) is 16.9 Å². The lowest BCUT2D eigenvalue weighted by atomic mass is 9.96. The molecule has 2 aromatic rings. The molecule has 0 spiro atoms. The van der Waals surface area contributed by atoms with Gasteiger partial charge in [0, 0.05) is 18.3 Å². The molecule has 0 amide bonds. The fourth-order valence-corrected chi connectivity index (χ4v) is 1.45. The number of carboxylic acid groups (broad SMARTS) is 1. The molecule has 100 valence electrons. The molecule has 0 aromatic carbocycles. The predicted molar refractivity (Wildman–Crippen MR) is 65.3 cm³/mol. The summed E-state index contributed by atoms with van der Waals surface area (Å²) >= 11 is 0. The highest BCUT2D eigenvalue weighted by Crippen LogP contribution is 2.24. The molecule has 2 atom stereocenters. The molecule has 19 heavy (non-hydrogen) atoms. The van der Waals surface area contributed by atoms with Crippen molar-refractivity contribution in [3.05, 3.63) is 23.8 Å². The maximum absolute atomic E-state index is 10.9. The van der Waals surface area contributed by atoms with Gasteiger partial charge in [0.05, 0.1) is 5.92 Å². The monoisotopic (exact) mass is 262 g/mol. The van der Waals surface area contributed by atoms with E-state index in [1.807, 2.05) is 6.92 Å². The molecule has 0 fully saturated rings. The zero-order chi connectivity index (χ0) is 14.0. The summed E-state index contributed by atoms with van der Waals surface area (Å²) in [6.45, 7) is 5.20. The first-order chi connectivity index (χ1) is 8.99. The van der Waals surface area contributed by atoms with Gasteiger partial charge in [-0.25, -0.2) is 9.97 Å². The number of rotatable bonds is 4. The second-order valence-corrected chi connectivity index (χ2v) is 4.46.